The second-order valence-corrected chi connectivity index (χ2v) is 5.55. The number of carbonyl (C=O) groups is 2. The van der Waals surface area contributed by atoms with Crippen LogP contribution in [-0.2, 0) is 14.3 Å². The van der Waals surface area contributed by atoms with Gasteiger partial charge in [0.05, 0.1) is 5.92 Å². The Balaban J connectivity index is 2.79. The van der Waals surface area contributed by atoms with E-state index in [9.17, 15) is 14.7 Å². The van der Waals surface area contributed by atoms with Gasteiger partial charge in [0.15, 0.2) is 0 Å². The van der Waals surface area contributed by atoms with Crippen LogP contribution in [0.25, 0.3) is 0 Å². The number of likely N-dealkylation sites (N-methyl/N-ethyl adjacent to an activating group) is 1. The number of piperidine rings is 1. The Kier molecular flexibility index (Phi) is 4.14. The number of hydrogen-bond acceptors (Lipinski definition) is 4. The fourth-order valence-corrected chi connectivity index (χ4v) is 2.15. The van der Waals surface area contributed by atoms with Crippen LogP contribution in [0.4, 0.5) is 0 Å². The fraction of sp³-hybridized carbons (Fsp3) is 0.833. The largest absolute Gasteiger partial charge is 0.480 e. The molecule has 0 amide bonds. The van der Waals surface area contributed by atoms with Crippen LogP contribution in [-0.4, -0.2) is 47.2 Å². The molecule has 98 valence electrons. The lowest BCUT2D eigenvalue weighted by atomic mass is 9.89. The number of aliphatic carboxylic acids is 1. The third kappa shape index (κ3) is 3.70. The second kappa shape index (κ2) is 5.04. The van der Waals surface area contributed by atoms with E-state index in [1.54, 1.807) is 32.7 Å². The Morgan fingerprint density at radius 1 is 1.35 bits per heavy atom. The molecule has 1 heterocycles. The lowest BCUT2D eigenvalue weighted by molar-refractivity contribution is -0.169. The number of esters is 1. The summed E-state index contributed by atoms with van der Waals surface area (Å²) in [5, 5.41) is 9.18. The van der Waals surface area contributed by atoms with Crippen LogP contribution < -0.4 is 0 Å². The molecule has 1 aliphatic heterocycles. The predicted molar refractivity (Wildman–Crippen MR) is 62.6 cm³/mol. The van der Waals surface area contributed by atoms with Crippen molar-refractivity contribution in [1.29, 1.82) is 0 Å². The van der Waals surface area contributed by atoms with Crippen LogP contribution >= 0.6 is 0 Å². The Bertz CT molecular complexity index is 308. The molecule has 0 bridgehead atoms. The molecule has 0 aromatic carbocycles. The first-order valence-corrected chi connectivity index (χ1v) is 5.88. The Hall–Kier alpha value is -1.10. The normalized spacial score (nSPS) is 26.6. The standard InChI is InChI=1S/C12H21NO4/c1-12(2,3)17-11(16)8-6-5-7-13(4)9(8)10(14)15/h8-9H,5-7H2,1-4H3,(H,14,15)/t8-,9-/m0/s1. The van der Waals surface area contributed by atoms with Crippen molar-refractivity contribution >= 4 is 11.9 Å². The molecule has 5 nitrogen and oxygen atoms in total. The monoisotopic (exact) mass is 243 g/mol. The number of likely N-dealkylation sites (tertiary alicyclic amines) is 1. The lowest BCUT2D eigenvalue weighted by Crippen LogP contribution is -2.51. The van der Waals surface area contributed by atoms with Gasteiger partial charge in [-0.3, -0.25) is 14.5 Å². The van der Waals surface area contributed by atoms with Gasteiger partial charge in [0.1, 0.15) is 11.6 Å². The molecular formula is C12H21NO4. The van der Waals surface area contributed by atoms with E-state index in [4.69, 9.17) is 4.74 Å². The molecule has 5 heteroatoms. The summed E-state index contributed by atoms with van der Waals surface area (Å²) in [5.74, 6) is -1.93. The summed E-state index contributed by atoms with van der Waals surface area (Å²) in [6.45, 7) is 6.06. The van der Waals surface area contributed by atoms with Gasteiger partial charge < -0.3 is 9.84 Å². The van der Waals surface area contributed by atoms with Gasteiger partial charge in [0, 0.05) is 0 Å². The summed E-state index contributed by atoms with van der Waals surface area (Å²) in [7, 11) is 1.73. The highest BCUT2D eigenvalue weighted by molar-refractivity contribution is 5.84. The van der Waals surface area contributed by atoms with E-state index >= 15 is 0 Å². The molecule has 0 saturated carbocycles. The summed E-state index contributed by atoms with van der Waals surface area (Å²) in [6, 6.07) is -0.765. The van der Waals surface area contributed by atoms with E-state index in [0.717, 1.165) is 6.42 Å². The van der Waals surface area contributed by atoms with Crippen LogP contribution in [0.5, 0.6) is 0 Å². The fourth-order valence-electron chi connectivity index (χ4n) is 2.15. The second-order valence-electron chi connectivity index (χ2n) is 5.55. The summed E-state index contributed by atoms with van der Waals surface area (Å²) in [6.07, 6.45) is 1.40. The molecule has 0 aromatic heterocycles. The average Bonchev–Trinajstić information content (AvgIpc) is 2.13. The average molecular weight is 243 g/mol. The quantitative estimate of drug-likeness (QED) is 0.736. The molecule has 0 aromatic rings. The molecule has 17 heavy (non-hydrogen) atoms. The van der Waals surface area contributed by atoms with E-state index in [2.05, 4.69) is 0 Å². The molecule has 1 saturated heterocycles. The zero-order chi connectivity index (χ0) is 13.2. The Morgan fingerprint density at radius 3 is 2.41 bits per heavy atom. The van der Waals surface area contributed by atoms with E-state index in [0.29, 0.717) is 13.0 Å². The molecule has 0 unspecified atom stereocenters. The van der Waals surface area contributed by atoms with E-state index in [1.165, 1.54) is 0 Å². The van der Waals surface area contributed by atoms with Gasteiger partial charge >= 0.3 is 11.9 Å². The van der Waals surface area contributed by atoms with Crippen LogP contribution in [0.3, 0.4) is 0 Å². The highest BCUT2D eigenvalue weighted by atomic mass is 16.6. The molecule has 0 radical (unpaired) electrons. The smallest absolute Gasteiger partial charge is 0.321 e. The zero-order valence-electron chi connectivity index (χ0n) is 10.9. The summed E-state index contributed by atoms with van der Waals surface area (Å²) in [4.78, 5) is 24.9. The van der Waals surface area contributed by atoms with Crippen molar-refractivity contribution in [3.8, 4) is 0 Å². The molecule has 0 spiro atoms. The van der Waals surface area contributed by atoms with Gasteiger partial charge in [-0.25, -0.2) is 0 Å². The minimum atomic E-state index is -0.956. The van der Waals surface area contributed by atoms with E-state index < -0.39 is 29.5 Å². The first-order valence-electron chi connectivity index (χ1n) is 5.88. The van der Waals surface area contributed by atoms with Gasteiger partial charge in [-0.05, 0) is 47.2 Å². The molecule has 1 N–H and O–H groups in total. The van der Waals surface area contributed by atoms with Crippen LogP contribution in [0.1, 0.15) is 33.6 Å². The maximum atomic E-state index is 12.0. The summed E-state index contributed by atoms with van der Waals surface area (Å²) in [5.41, 5.74) is -0.573. The predicted octanol–water partition coefficient (Wildman–Crippen LogP) is 1.12. The third-order valence-corrected chi connectivity index (χ3v) is 2.84. The van der Waals surface area contributed by atoms with Crippen LogP contribution in [0.2, 0.25) is 0 Å². The van der Waals surface area contributed by atoms with Crippen molar-refractivity contribution in [3.05, 3.63) is 0 Å². The van der Waals surface area contributed by atoms with Crippen molar-refractivity contribution in [2.75, 3.05) is 13.6 Å². The van der Waals surface area contributed by atoms with Crippen molar-refractivity contribution < 1.29 is 19.4 Å². The highest BCUT2D eigenvalue weighted by Crippen LogP contribution is 2.25. The maximum Gasteiger partial charge on any atom is 0.321 e. The molecule has 2 atom stereocenters. The van der Waals surface area contributed by atoms with Gasteiger partial charge in [-0.2, -0.15) is 0 Å². The zero-order valence-corrected chi connectivity index (χ0v) is 10.9. The Labute approximate surface area is 102 Å². The first-order chi connectivity index (χ1) is 7.72. The van der Waals surface area contributed by atoms with E-state index in [1.807, 2.05) is 0 Å². The molecule has 1 aliphatic rings. The van der Waals surface area contributed by atoms with Gasteiger partial charge in [-0.15, -0.1) is 0 Å². The minimum Gasteiger partial charge on any atom is -0.480 e. The lowest BCUT2D eigenvalue weighted by Gasteiger charge is -2.36. The number of rotatable bonds is 2. The number of hydrogen-bond donors (Lipinski definition) is 1. The molecule has 0 aliphatic carbocycles. The van der Waals surface area contributed by atoms with Gasteiger partial charge in [-0.1, -0.05) is 0 Å². The number of carbonyl (C=O) groups excluding carboxylic acids is 1. The third-order valence-electron chi connectivity index (χ3n) is 2.84. The van der Waals surface area contributed by atoms with Crippen molar-refractivity contribution in [1.82, 2.24) is 4.90 Å². The Morgan fingerprint density at radius 2 is 1.94 bits per heavy atom. The number of carboxylic acids is 1. The van der Waals surface area contributed by atoms with Crippen LogP contribution in [0.15, 0.2) is 0 Å². The topological polar surface area (TPSA) is 66.8 Å². The minimum absolute atomic E-state index is 0.406. The van der Waals surface area contributed by atoms with Gasteiger partial charge in [0.2, 0.25) is 0 Å². The number of ether oxygens (including phenoxy) is 1. The molecule has 1 rings (SSSR count). The highest BCUT2D eigenvalue weighted by Gasteiger charge is 2.41. The molecule has 1 fully saturated rings. The summed E-state index contributed by atoms with van der Waals surface area (Å²) >= 11 is 0. The van der Waals surface area contributed by atoms with Crippen LogP contribution in [0, 0.1) is 5.92 Å². The number of nitrogens with zero attached hydrogens (tertiary/aromatic N) is 1. The van der Waals surface area contributed by atoms with Gasteiger partial charge in [0.25, 0.3) is 0 Å². The first kappa shape index (κ1) is 14.0. The van der Waals surface area contributed by atoms with Crippen molar-refractivity contribution in [2.24, 2.45) is 5.92 Å². The molecular weight excluding hydrogens is 222 g/mol. The number of carboxylic acid groups (broad SMARTS) is 1. The van der Waals surface area contributed by atoms with Crippen molar-refractivity contribution in [3.63, 3.8) is 0 Å². The summed E-state index contributed by atoms with van der Waals surface area (Å²) < 4.78 is 5.28. The maximum absolute atomic E-state index is 12.0. The van der Waals surface area contributed by atoms with Crippen molar-refractivity contribution in [2.45, 2.75) is 45.3 Å². The van der Waals surface area contributed by atoms with E-state index in [-0.39, 0.29) is 0 Å². The SMILES string of the molecule is CN1CCC[C@H](C(=O)OC(C)(C)C)[C@H]1C(=O)O.